The first kappa shape index (κ1) is 15.3. The number of hydrogen-bond donors (Lipinski definition) is 2. The van der Waals surface area contributed by atoms with E-state index in [0.29, 0.717) is 11.6 Å². The molecule has 0 unspecified atom stereocenters. The fourth-order valence-electron chi connectivity index (χ4n) is 2.29. The van der Waals surface area contributed by atoms with Gasteiger partial charge in [-0.15, -0.1) is 0 Å². The van der Waals surface area contributed by atoms with E-state index in [-0.39, 0.29) is 11.3 Å². The Balaban J connectivity index is 1.72. The van der Waals surface area contributed by atoms with E-state index >= 15 is 0 Å². The van der Waals surface area contributed by atoms with Crippen molar-refractivity contribution in [3.63, 3.8) is 0 Å². The maximum Gasteiger partial charge on any atom is 0.238 e. The standard InChI is InChI=1S/C15H21ClN2O2/c1-15(5-7-20-8-6-15)11-17-10-14(19)18-13-4-2-3-12(16)9-13/h2-4,9,17H,5-8,10-11H2,1H3,(H,18,19). The van der Waals surface area contributed by atoms with Crippen molar-refractivity contribution in [2.75, 3.05) is 31.6 Å². The summed E-state index contributed by atoms with van der Waals surface area (Å²) in [5, 5.41) is 6.67. The van der Waals surface area contributed by atoms with Crippen LogP contribution in [0.2, 0.25) is 5.02 Å². The number of rotatable bonds is 5. The number of anilines is 1. The molecule has 1 fully saturated rings. The number of hydrogen-bond acceptors (Lipinski definition) is 3. The average molecular weight is 297 g/mol. The predicted molar refractivity (Wildman–Crippen MR) is 81.1 cm³/mol. The Morgan fingerprint density at radius 3 is 2.85 bits per heavy atom. The molecular formula is C15H21ClN2O2. The second kappa shape index (κ2) is 7.07. The van der Waals surface area contributed by atoms with E-state index in [9.17, 15) is 4.79 Å². The number of carbonyl (C=O) groups is 1. The van der Waals surface area contributed by atoms with Gasteiger partial charge in [0.25, 0.3) is 0 Å². The SMILES string of the molecule is CC1(CNCC(=O)Nc2cccc(Cl)c2)CCOCC1. The molecule has 1 aliphatic heterocycles. The van der Waals surface area contributed by atoms with Gasteiger partial charge in [-0.25, -0.2) is 0 Å². The zero-order valence-corrected chi connectivity index (χ0v) is 12.5. The molecule has 0 aromatic heterocycles. The molecule has 20 heavy (non-hydrogen) atoms. The Labute approximate surface area is 124 Å². The van der Waals surface area contributed by atoms with Crippen LogP contribution in [0.5, 0.6) is 0 Å². The zero-order valence-electron chi connectivity index (χ0n) is 11.7. The van der Waals surface area contributed by atoms with Gasteiger partial charge in [0.05, 0.1) is 6.54 Å². The Bertz CT molecular complexity index is 459. The molecule has 0 atom stereocenters. The smallest absolute Gasteiger partial charge is 0.238 e. The molecule has 2 N–H and O–H groups in total. The molecule has 0 aliphatic carbocycles. The van der Waals surface area contributed by atoms with Gasteiger partial charge in [-0.05, 0) is 36.5 Å². The van der Waals surface area contributed by atoms with Crippen LogP contribution < -0.4 is 10.6 Å². The summed E-state index contributed by atoms with van der Waals surface area (Å²) in [4.78, 5) is 11.8. The highest BCUT2D eigenvalue weighted by atomic mass is 35.5. The van der Waals surface area contributed by atoms with Crippen molar-refractivity contribution < 1.29 is 9.53 Å². The number of ether oxygens (including phenoxy) is 1. The lowest BCUT2D eigenvalue weighted by atomic mass is 9.82. The average Bonchev–Trinajstić information content (AvgIpc) is 2.39. The minimum absolute atomic E-state index is 0.0528. The molecule has 4 nitrogen and oxygen atoms in total. The van der Waals surface area contributed by atoms with E-state index in [4.69, 9.17) is 16.3 Å². The second-order valence-corrected chi connectivity index (χ2v) is 6.02. The highest BCUT2D eigenvalue weighted by Crippen LogP contribution is 2.28. The maximum absolute atomic E-state index is 11.8. The maximum atomic E-state index is 11.8. The van der Waals surface area contributed by atoms with Crippen LogP contribution >= 0.6 is 11.6 Å². The molecule has 1 aromatic carbocycles. The number of amides is 1. The molecule has 1 amide bonds. The summed E-state index contributed by atoms with van der Waals surface area (Å²) in [6, 6.07) is 7.15. The molecule has 1 aromatic rings. The first-order chi connectivity index (χ1) is 9.57. The summed E-state index contributed by atoms with van der Waals surface area (Å²) in [6.07, 6.45) is 2.08. The number of halogens is 1. The molecular weight excluding hydrogens is 276 g/mol. The largest absolute Gasteiger partial charge is 0.381 e. The van der Waals surface area contributed by atoms with Crippen LogP contribution in [-0.2, 0) is 9.53 Å². The molecule has 1 heterocycles. The molecule has 1 aliphatic rings. The van der Waals surface area contributed by atoms with Gasteiger partial charge in [-0.1, -0.05) is 24.6 Å². The Kier molecular flexibility index (Phi) is 5.40. The highest BCUT2D eigenvalue weighted by molar-refractivity contribution is 6.30. The predicted octanol–water partition coefficient (Wildman–Crippen LogP) is 2.68. The number of carbonyl (C=O) groups excluding carboxylic acids is 1. The van der Waals surface area contributed by atoms with Gasteiger partial charge in [0, 0.05) is 30.5 Å². The summed E-state index contributed by atoms with van der Waals surface area (Å²) >= 11 is 5.87. The molecule has 5 heteroatoms. The first-order valence-electron chi connectivity index (χ1n) is 6.91. The van der Waals surface area contributed by atoms with Crippen LogP contribution in [0.15, 0.2) is 24.3 Å². The summed E-state index contributed by atoms with van der Waals surface area (Å²) < 4.78 is 5.36. The van der Waals surface area contributed by atoms with Crippen LogP contribution in [0.25, 0.3) is 0 Å². The van der Waals surface area contributed by atoms with Gasteiger partial charge in [-0.2, -0.15) is 0 Å². The molecule has 2 rings (SSSR count). The topological polar surface area (TPSA) is 50.4 Å². The highest BCUT2D eigenvalue weighted by Gasteiger charge is 2.26. The van der Waals surface area contributed by atoms with Crippen molar-refractivity contribution in [1.82, 2.24) is 5.32 Å². The fourth-order valence-corrected chi connectivity index (χ4v) is 2.48. The minimum atomic E-state index is -0.0528. The summed E-state index contributed by atoms with van der Waals surface area (Å²) in [5.74, 6) is -0.0528. The van der Waals surface area contributed by atoms with Crippen molar-refractivity contribution in [2.24, 2.45) is 5.41 Å². The van der Waals surface area contributed by atoms with Gasteiger partial charge < -0.3 is 15.4 Å². The third-order valence-corrected chi connectivity index (χ3v) is 3.88. The van der Waals surface area contributed by atoms with E-state index < -0.39 is 0 Å². The summed E-state index contributed by atoms with van der Waals surface area (Å²) in [5.41, 5.74) is 0.954. The molecule has 0 bridgehead atoms. The quantitative estimate of drug-likeness (QED) is 0.878. The molecule has 110 valence electrons. The summed E-state index contributed by atoms with van der Waals surface area (Å²) in [7, 11) is 0. The first-order valence-corrected chi connectivity index (χ1v) is 7.29. The normalized spacial score (nSPS) is 17.7. The van der Waals surface area contributed by atoms with Crippen molar-refractivity contribution >= 4 is 23.2 Å². The van der Waals surface area contributed by atoms with E-state index in [1.54, 1.807) is 12.1 Å². The van der Waals surface area contributed by atoms with Gasteiger partial charge in [-0.3, -0.25) is 4.79 Å². The lowest BCUT2D eigenvalue weighted by Crippen LogP contribution is -2.39. The minimum Gasteiger partial charge on any atom is -0.381 e. The third kappa shape index (κ3) is 4.78. The van der Waals surface area contributed by atoms with Crippen molar-refractivity contribution in [2.45, 2.75) is 19.8 Å². The van der Waals surface area contributed by atoms with Crippen LogP contribution in [-0.4, -0.2) is 32.2 Å². The van der Waals surface area contributed by atoms with E-state index in [1.807, 2.05) is 12.1 Å². The van der Waals surface area contributed by atoms with E-state index in [2.05, 4.69) is 17.6 Å². The van der Waals surface area contributed by atoms with Crippen LogP contribution in [0.3, 0.4) is 0 Å². The fraction of sp³-hybridized carbons (Fsp3) is 0.533. The second-order valence-electron chi connectivity index (χ2n) is 5.59. The van der Waals surface area contributed by atoms with Gasteiger partial charge in [0.1, 0.15) is 0 Å². The van der Waals surface area contributed by atoms with Crippen molar-refractivity contribution in [3.05, 3.63) is 29.3 Å². The molecule has 0 radical (unpaired) electrons. The monoisotopic (exact) mass is 296 g/mol. The van der Waals surface area contributed by atoms with Crippen LogP contribution in [0.1, 0.15) is 19.8 Å². The molecule has 1 saturated heterocycles. The van der Waals surface area contributed by atoms with Crippen molar-refractivity contribution in [3.8, 4) is 0 Å². The summed E-state index contributed by atoms with van der Waals surface area (Å²) in [6.45, 7) is 5.00. The number of nitrogens with one attached hydrogen (secondary N) is 2. The van der Waals surface area contributed by atoms with E-state index in [0.717, 1.165) is 38.3 Å². The van der Waals surface area contributed by atoms with Gasteiger partial charge >= 0.3 is 0 Å². The third-order valence-electron chi connectivity index (χ3n) is 3.65. The van der Waals surface area contributed by atoms with Gasteiger partial charge in [0.2, 0.25) is 5.91 Å². The Hall–Kier alpha value is -1.10. The van der Waals surface area contributed by atoms with Crippen LogP contribution in [0, 0.1) is 5.41 Å². The Morgan fingerprint density at radius 1 is 1.40 bits per heavy atom. The number of benzene rings is 1. The molecule has 0 saturated carbocycles. The lowest BCUT2D eigenvalue weighted by molar-refractivity contribution is -0.115. The van der Waals surface area contributed by atoms with Crippen molar-refractivity contribution in [1.29, 1.82) is 0 Å². The Morgan fingerprint density at radius 2 is 2.15 bits per heavy atom. The lowest BCUT2D eigenvalue weighted by Gasteiger charge is -2.33. The molecule has 0 spiro atoms. The van der Waals surface area contributed by atoms with Gasteiger partial charge in [0.15, 0.2) is 0 Å². The van der Waals surface area contributed by atoms with E-state index in [1.165, 1.54) is 0 Å². The zero-order chi connectivity index (χ0) is 14.4. The van der Waals surface area contributed by atoms with Crippen LogP contribution in [0.4, 0.5) is 5.69 Å².